The molecule has 1 fully saturated rings. The minimum atomic E-state index is -0.761. The number of rotatable bonds is 1. The SMILES string of the molecule is O=C1NC(=S)NC12CCOc1ccc(CBr)cc12. The summed E-state index contributed by atoms with van der Waals surface area (Å²) in [6.45, 7) is 0.504. The van der Waals surface area contributed by atoms with Gasteiger partial charge in [0.05, 0.1) is 6.61 Å². The summed E-state index contributed by atoms with van der Waals surface area (Å²) < 4.78 is 5.61. The van der Waals surface area contributed by atoms with Crippen LogP contribution in [0.25, 0.3) is 0 Å². The van der Waals surface area contributed by atoms with Crippen LogP contribution < -0.4 is 15.4 Å². The highest BCUT2D eigenvalue weighted by atomic mass is 79.9. The molecular weight excluding hydrogens is 316 g/mol. The molecule has 3 rings (SSSR count). The zero-order valence-electron chi connectivity index (χ0n) is 9.46. The third-order valence-corrected chi connectivity index (χ3v) is 4.19. The molecule has 1 spiro atoms. The molecule has 18 heavy (non-hydrogen) atoms. The molecule has 0 aliphatic carbocycles. The highest BCUT2D eigenvalue weighted by Gasteiger charge is 2.49. The van der Waals surface area contributed by atoms with Gasteiger partial charge in [0, 0.05) is 17.3 Å². The summed E-state index contributed by atoms with van der Waals surface area (Å²) in [6.07, 6.45) is 0.581. The number of thiocarbonyl (C=S) groups is 1. The van der Waals surface area contributed by atoms with Gasteiger partial charge in [-0.05, 0) is 29.9 Å². The topological polar surface area (TPSA) is 50.4 Å². The minimum Gasteiger partial charge on any atom is -0.493 e. The van der Waals surface area contributed by atoms with Crippen molar-refractivity contribution in [2.24, 2.45) is 0 Å². The fourth-order valence-electron chi connectivity index (χ4n) is 2.43. The highest BCUT2D eigenvalue weighted by molar-refractivity contribution is 9.08. The summed E-state index contributed by atoms with van der Waals surface area (Å²) in [5.41, 5.74) is 1.21. The lowest BCUT2D eigenvalue weighted by atomic mass is 9.84. The van der Waals surface area contributed by atoms with Crippen LogP contribution in [-0.4, -0.2) is 17.6 Å². The number of amides is 1. The second kappa shape index (κ2) is 4.20. The van der Waals surface area contributed by atoms with Crippen LogP contribution in [0.5, 0.6) is 5.75 Å². The Labute approximate surface area is 118 Å². The Kier molecular flexibility index (Phi) is 2.79. The van der Waals surface area contributed by atoms with Crippen molar-refractivity contribution in [2.45, 2.75) is 17.3 Å². The maximum atomic E-state index is 12.2. The van der Waals surface area contributed by atoms with Crippen LogP contribution in [0.15, 0.2) is 18.2 Å². The zero-order valence-corrected chi connectivity index (χ0v) is 11.9. The van der Waals surface area contributed by atoms with E-state index in [-0.39, 0.29) is 5.91 Å². The second-order valence-electron chi connectivity index (χ2n) is 4.38. The Morgan fingerprint density at radius 1 is 1.50 bits per heavy atom. The van der Waals surface area contributed by atoms with Gasteiger partial charge in [0.15, 0.2) is 10.7 Å². The molecule has 1 saturated heterocycles. The molecule has 1 atom stereocenters. The van der Waals surface area contributed by atoms with Gasteiger partial charge in [0.1, 0.15) is 5.75 Å². The Morgan fingerprint density at radius 3 is 3.00 bits per heavy atom. The molecule has 0 saturated carbocycles. The van der Waals surface area contributed by atoms with Gasteiger partial charge in [0.2, 0.25) is 0 Å². The van der Waals surface area contributed by atoms with E-state index in [1.54, 1.807) is 0 Å². The molecule has 2 heterocycles. The van der Waals surface area contributed by atoms with E-state index in [9.17, 15) is 4.79 Å². The lowest BCUT2D eigenvalue weighted by Crippen LogP contribution is -2.47. The molecule has 6 heteroatoms. The third kappa shape index (κ3) is 1.63. The van der Waals surface area contributed by atoms with Gasteiger partial charge < -0.3 is 15.4 Å². The smallest absolute Gasteiger partial charge is 0.256 e. The molecular formula is C12H11BrN2O2S. The molecule has 0 radical (unpaired) electrons. The molecule has 1 unspecified atom stereocenters. The summed E-state index contributed by atoms with van der Waals surface area (Å²) in [4.78, 5) is 12.2. The lowest BCUT2D eigenvalue weighted by Gasteiger charge is -2.33. The van der Waals surface area contributed by atoms with E-state index >= 15 is 0 Å². The number of hydrogen-bond acceptors (Lipinski definition) is 3. The fourth-order valence-corrected chi connectivity index (χ4v) is 3.04. The second-order valence-corrected chi connectivity index (χ2v) is 5.35. The third-order valence-electron chi connectivity index (χ3n) is 3.33. The van der Waals surface area contributed by atoms with Crippen molar-refractivity contribution in [3.63, 3.8) is 0 Å². The number of fused-ring (bicyclic) bond motifs is 2. The van der Waals surface area contributed by atoms with Gasteiger partial charge in [-0.1, -0.05) is 22.0 Å². The molecule has 0 aromatic heterocycles. The number of alkyl halides is 1. The van der Waals surface area contributed by atoms with Crippen LogP contribution in [0.4, 0.5) is 0 Å². The van der Waals surface area contributed by atoms with E-state index in [1.807, 2.05) is 18.2 Å². The Morgan fingerprint density at radius 2 is 2.33 bits per heavy atom. The largest absolute Gasteiger partial charge is 0.493 e. The first-order chi connectivity index (χ1) is 8.65. The number of halogens is 1. The number of benzene rings is 1. The Hall–Kier alpha value is -1.14. The fraction of sp³-hybridized carbons (Fsp3) is 0.333. The van der Waals surface area contributed by atoms with Crippen LogP contribution in [0.3, 0.4) is 0 Å². The first-order valence-corrected chi connectivity index (χ1v) is 7.14. The molecule has 4 nitrogen and oxygen atoms in total. The average molecular weight is 327 g/mol. The molecule has 1 aromatic rings. The van der Waals surface area contributed by atoms with Crippen molar-refractivity contribution in [2.75, 3.05) is 6.61 Å². The summed E-state index contributed by atoms with van der Waals surface area (Å²) >= 11 is 8.47. The van der Waals surface area contributed by atoms with Gasteiger partial charge >= 0.3 is 0 Å². The summed E-state index contributed by atoms with van der Waals surface area (Å²) in [5.74, 6) is 0.655. The quantitative estimate of drug-likeness (QED) is 0.607. The molecule has 2 N–H and O–H groups in total. The number of nitrogens with one attached hydrogen (secondary N) is 2. The zero-order chi connectivity index (χ0) is 12.8. The molecule has 1 aromatic carbocycles. The van der Waals surface area contributed by atoms with Crippen LogP contribution in [0.1, 0.15) is 17.5 Å². The van der Waals surface area contributed by atoms with Crippen molar-refractivity contribution in [3.8, 4) is 5.75 Å². The maximum Gasteiger partial charge on any atom is 0.256 e. The monoisotopic (exact) mass is 326 g/mol. The first-order valence-electron chi connectivity index (χ1n) is 5.61. The predicted octanol–water partition coefficient (Wildman–Crippen LogP) is 1.56. The van der Waals surface area contributed by atoms with Crippen molar-refractivity contribution in [3.05, 3.63) is 29.3 Å². The van der Waals surface area contributed by atoms with Gasteiger partial charge in [-0.15, -0.1) is 0 Å². The summed E-state index contributed by atoms with van der Waals surface area (Å²) in [6, 6.07) is 5.88. The predicted molar refractivity (Wildman–Crippen MR) is 74.7 cm³/mol. The van der Waals surface area contributed by atoms with E-state index in [1.165, 1.54) is 0 Å². The van der Waals surface area contributed by atoms with Gasteiger partial charge in [-0.2, -0.15) is 0 Å². The molecule has 1 amide bonds. The Balaban J connectivity index is 2.16. The van der Waals surface area contributed by atoms with Crippen LogP contribution in [-0.2, 0) is 15.7 Å². The Bertz CT molecular complexity index is 549. The first kappa shape index (κ1) is 11.9. The number of carbonyl (C=O) groups excluding carboxylic acids is 1. The number of hydrogen-bond donors (Lipinski definition) is 2. The van der Waals surface area contributed by atoms with E-state index in [0.29, 0.717) is 18.1 Å². The van der Waals surface area contributed by atoms with Crippen LogP contribution in [0, 0.1) is 0 Å². The van der Waals surface area contributed by atoms with E-state index in [0.717, 1.165) is 22.2 Å². The molecule has 2 aliphatic rings. The lowest BCUT2D eigenvalue weighted by molar-refractivity contribution is -0.125. The summed E-state index contributed by atoms with van der Waals surface area (Å²) in [7, 11) is 0. The summed E-state index contributed by atoms with van der Waals surface area (Å²) in [5, 5.41) is 6.90. The van der Waals surface area contributed by atoms with Gasteiger partial charge in [-0.25, -0.2) is 0 Å². The average Bonchev–Trinajstić information content (AvgIpc) is 2.65. The van der Waals surface area contributed by atoms with Crippen molar-refractivity contribution in [1.29, 1.82) is 0 Å². The normalized spacial score (nSPS) is 25.4. The standard InChI is InChI=1S/C12H11BrN2O2S/c13-6-7-1-2-9-8(5-7)12(3-4-17-9)10(16)14-11(18)15-12/h1-2,5H,3-4,6H2,(H2,14,15,16,18). The molecule has 94 valence electrons. The van der Waals surface area contributed by atoms with Crippen molar-refractivity contribution < 1.29 is 9.53 Å². The van der Waals surface area contributed by atoms with E-state index in [2.05, 4.69) is 26.6 Å². The number of ether oxygens (including phenoxy) is 1. The molecule has 2 aliphatic heterocycles. The van der Waals surface area contributed by atoms with Crippen LogP contribution in [0.2, 0.25) is 0 Å². The number of carbonyl (C=O) groups is 1. The van der Waals surface area contributed by atoms with E-state index in [4.69, 9.17) is 17.0 Å². The van der Waals surface area contributed by atoms with Crippen molar-refractivity contribution >= 4 is 39.2 Å². The maximum absolute atomic E-state index is 12.2. The minimum absolute atomic E-state index is 0.0937. The van der Waals surface area contributed by atoms with Gasteiger partial charge in [0.25, 0.3) is 5.91 Å². The van der Waals surface area contributed by atoms with E-state index < -0.39 is 5.54 Å². The van der Waals surface area contributed by atoms with Crippen molar-refractivity contribution in [1.82, 2.24) is 10.6 Å². The van der Waals surface area contributed by atoms with Crippen LogP contribution >= 0.6 is 28.1 Å². The molecule has 0 bridgehead atoms. The van der Waals surface area contributed by atoms with Gasteiger partial charge in [-0.3, -0.25) is 4.79 Å². The highest BCUT2D eigenvalue weighted by Crippen LogP contribution is 2.39.